The molecular formula is C32H22IrNO3-. The van der Waals surface area contributed by atoms with Gasteiger partial charge in [0.05, 0.1) is 16.9 Å². The molecular weight excluding hydrogens is 639 g/mol. The minimum Gasteiger partial charge on any atom is -0.512 e. The van der Waals surface area contributed by atoms with Crippen LogP contribution in [0.4, 0.5) is 0 Å². The van der Waals surface area contributed by atoms with Crippen molar-refractivity contribution in [1.29, 1.82) is 0 Å². The van der Waals surface area contributed by atoms with Crippen LogP contribution in [0, 0.1) is 6.07 Å². The topological polar surface area (TPSA) is 63.3 Å². The summed E-state index contributed by atoms with van der Waals surface area (Å²) in [5.41, 5.74) is 6.97. The van der Waals surface area contributed by atoms with Crippen molar-refractivity contribution in [3.63, 3.8) is 0 Å². The minimum absolute atomic E-state index is 0. The molecule has 2 aromatic heterocycles. The molecule has 6 aromatic rings. The van der Waals surface area contributed by atoms with Gasteiger partial charge in [-0.1, -0.05) is 65.6 Å². The first kappa shape index (κ1) is 24.6. The zero-order valence-corrected chi connectivity index (χ0v) is 22.6. The number of aromatic nitrogens is 1. The van der Waals surface area contributed by atoms with Crippen LogP contribution < -0.4 is 0 Å². The number of carbonyl (C=O) groups excluding carboxylic acids is 1. The van der Waals surface area contributed by atoms with E-state index in [1.165, 1.54) is 41.8 Å². The Morgan fingerprint density at radius 2 is 1.73 bits per heavy atom. The van der Waals surface area contributed by atoms with Crippen LogP contribution >= 0.6 is 0 Å². The van der Waals surface area contributed by atoms with Crippen molar-refractivity contribution in [2.75, 3.05) is 0 Å². The van der Waals surface area contributed by atoms with Crippen molar-refractivity contribution in [1.82, 2.24) is 4.98 Å². The fourth-order valence-corrected chi connectivity index (χ4v) is 4.87. The van der Waals surface area contributed by atoms with Gasteiger partial charge in [0, 0.05) is 37.1 Å². The minimum atomic E-state index is -0.125. The Balaban J connectivity index is 0.000000313. The molecule has 5 heteroatoms. The summed E-state index contributed by atoms with van der Waals surface area (Å²) in [7, 11) is 0. The molecule has 1 aliphatic rings. The number of hydrogen-bond donors (Lipinski definition) is 1. The molecule has 0 saturated carbocycles. The fraction of sp³-hybridized carbons (Fsp3) is 0.0625. The second-order valence-electron chi connectivity index (χ2n) is 8.93. The number of furan rings is 1. The van der Waals surface area contributed by atoms with Gasteiger partial charge in [-0.2, -0.15) is 0 Å². The molecule has 1 N–H and O–H groups in total. The second kappa shape index (κ2) is 9.78. The Kier molecular flexibility index (Phi) is 6.51. The molecule has 37 heavy (non-hydrogen) atoms. The number of ketones is 1. The van der Waals surface area contributed by atoms with Crippen molar-refractivity contribution in [2.24, 2.45) is 0 Å². The Labute approximate surface area is 227 Å². The standard InChI is InChI=1S/C27H14NO.C5H8O2.Ir/c1-2-10-23-16(5-1)12-14-24(28-23)20-9-4-8-19-22-15-18-7-3-6-17-11-13-21(25(17)18)27(22)29-26(19)20;1-4(6)3-5(2)7;/h1-8,10-15H;3,6H,1-2H3;/q-1;;/b;4-3-;. The molecule has 0 bridgehead atoms. The number of nitrogens with zero attached hydrogens (tertiary/aromatic N) is 1. The monoisotopic (exact) mass is 661 g/mol. The third-order valence-corrected chi connectivity index (χ3v) is 6.33. The third-order valence-electron chi connectivity index (χ3n) is 6.33. The van der Waals surface area contributed by atoms with E-state index in [-0.39, 0.29) is 31.6 Å². The van der Waals surface area contributed by atoms with Crippen molar-refractivity contribution >= 4 is 61.5 Å². The molecule has 0 amide bonds. The van der Waals surface area contributed by atoms with Crippen LogP contribution in [0.1, 0.15) is 25.0 Å². The SMILES string of the molecule is CC(=O)/C=C(/C)O.[Ir].[c-]1ccc2c(oc3c4c5c(cccc5cc32)C=C4)c1-c1ccc2ccccc2n1. The number of benzene rings is 4. The molecule has 1 radical (unpaired) electrons. The quantitative estimate of drug-likeness (QED) is 0.115. The first-order chi connectivity index (χ1) is 17.5. The molecule has 4 nitrogen and oxygen atoms in total. The number of aliphatic hydroxyl groups excluding tert-OH is 1. The Bertz CT molecular complexity index is 1890. The number of pyridine rings is 1. The molecule has 0 aliphatic heterocycles. The largest absolute Gasteiger partial charge is 0.512 e. The average molecular weight is 661 g/mol. The van der Waals surface area contributed by atoms with E-state index in [1.54, 1.807) is 0 Å². The van der Waals surface area contributed by atoms with Gasteiger partial charge >= 0.3 is 0 Å². The number of carbonyl (C=O) groups is 1. The second-order valence-corrected chi connectivity index (χ2v) is 8.93. The van der Waals surface area contributed by atoms with Crippen LogP contribution in [-0.2, 0) is 24.9 Å². The summed E-state index contributed by atoms with van der Waals surface area (Å²) in [4.78, 5) is 14.9. The smallest absolute Gasteiger partial charge is 0.155 e. The molecule has 0 atom stereocenters. The maximum absolute atomic E-state index is 10.0. The number of allylic oxidation sites excluding steroid dienone is 2. The van der Waals surface area contributed by atoms with Gasteiger partial charge in [0.2, 0.25) is 0 Å². The molecule has 7 rings (SSSR count). The number of para-hydroxylation sites is 1. The van der Waals surface area contributed by atoms with Crippen molar-refractivity contribution in [3.8, 4) is 11.3 Å². The van der Waals surface area contributed by atoms with E-state index < -0.39 is 0 Å². The van der Waals surface area contributed by atoms with E-state index >= 15 is 0 Å². The maximum Gasteiger partial charge on any atom is 0.155 e. The van der Waals surface area contributed by atoms with Crippen LogP contribution in [0.3, 0.4) is 0 Å². The fourth-order valence-electron chi connectivity index (χ4n) is 4.87. The molecule has 0 spiro atoms. The van der Waals surface area contributed by atoms with Crippen molar-refractivity contribution < 1.29 is 34.4 Å². The third kappa shape index (κ3) is 4.37. The Hall–Kier alpha value is -4.05. The predicted molar refractivity (Wildman–Crippen MR) is 147 cm³/mol. The molecule has 2 heterocycles. The molecule has 4 aromatic carbocycles. The number of hydrogen-bond acceptors (Lipinski definition) is 4. The average Bonchev–Trinajstić information content (AvgIpc) is 3.46. The van der Waals surface area contributed by atoms with Gasteiger partial charge in [0.15, 0.2) is 5.78 Å². The normalized spacial score (nSPS) is 12.1. The summed E-state index contributed by atoms with van der Waals surface area (Å²) < 4.78 is 6.49. The molecule has 183 valence electrons. The predicted octanol–water partition coefficient (Wildman–Crippen LogP) is 8.27. The van der Waals surface area contributed by atoms with Gasteiger partial charge in [-0.05, 0) is 59.5 Å². The van der Waals surface area contributed by atoms with Crippen molar-refractivity contribution in [3.05, 3.63) is 102 Å². The van der Waals surface area contributed by atoms with Crippen LogP contribution in [0.25, 0.3) is 67.0 Å². The number of fused-ring (bicyclic) bond motifs is 5. The van der Waals surface area contributed by atoms with Crippen LogP contribution in [0.5, 0.6) is 0 Å². The first-order valence-corrected chi connectivity index (χ1v) is 11.7. The Morgan fingerprint density at radius 3 is 2.51 bits per heavy atom. The van der Waals surface area contributed by atoms with E-state index in [2.05, 4.69) is 60.7 Å². The summed E-state index contributed by atoms with van der Waals surface area (Å²) in [6.45, 7) is 2.85. The Morgan fingerprint density at radius 1 is 0.919 bits per heavy atom. The van der Waals surface area contributed by atoms with Gasteiger partial charge in [-0.3, -0.25) is 9.78 Å². The van der Waals surface area contributed by atoms with E-state index in [1.807, 2.05) is 30.3 Å². The van der Waals surface area contributed by atoms with Gasteiger partial charge in [0.25, 0.3) is 0 Å². The van der Waals surface area contributed by atoms with E-state index in [9.17, 15) is 4.79 Å². The first-order valence-electron chi connectivity index (χ1n) is 11.7. The van der Waals surface area contributed by atoms with E-state index in [4.69, 9.17) is 14.5 Å². The van der Waals surface area contributed by atoms with Crippen molar-refractivity contribution in [2.45, 2.75) is 13.8 Å². The van der Waals surface area contributed by atoms with Gasteiger partial charge in [-0.25, -0.2) is 0 Å². The van der Waals surface area contributed by atoms with Gasteiger partial charge < -0.3 is 9.52 Å². The molecule has 0 fully saturated rings. The number of aliphatic hydroxyl groups is 1. The summed E-state index contributed by atoms with van der Waals surface area (Å²) in [6, 6.07) is 28.4. The summed E-state index contributed by atoms with van der Waals surface area (Å²) in [5.74, 6) is -0.0625. The van der Waals surface area contributed by atoms with Crippen LogP contribution in [0.2, 0.25) is 0 Å². The summed E-state index contributed by atoms with van der Waals surface area (Å²) in [6.07, 6.45) is 5.50. The van der Waals surface area contributed by atoms with Crippen LogP contribution in [-0.4, -0.2) is 15.9 Å². The van der Waals surface area contributed by atoms with E-state index in [0.29, 0.717) is 0 Å². The zero-order valence-electron chi connectivity index (χ0n) is 20.2. The maximum atomic E-state index is 10.0. The summed E-state index contributed by atoms with van der Waals surface area (Å²) >= 11 is 0. The molecule has 0 saturated heterocycles. The van der Waals surface area contributed by atoms with E-state index in [0.717, 1.165) is 44.1 Å². The summed E-state index contributed by atoms with van der Waals surface area (Å²) in [5, 5.41) is 14.3. The van der Waals surface area contributed by atoms with Crippen LogP contribution in [0.15, 0.2) is 89.0 Å². The number of rotatable bonds is 2. The van der Waals surface area contributed by atoms with Gasteiger partial charge in [-0.15, -0.1) is 18.2 Å². The molecule has 1 aliphatic carbocycles. The zero-order chi connectivity index (χ0) is 24.8. The molecule has 0 unspecified atom stereocenters. The van der Waals surface area contributed by atoms with Gasteiger partial charge in [0.1, 0.15) is 5.58 Å².